The zero-order chi connectivity index (χ0) is 10.9. The Morgan fingerprint density at radius 3 is 2.53 bits per heavy atom. The minimum Gasteiger partial charge on any atom is -0.341 e. The quantitative estimate of drug-likeness (QED) is 0.577. The van der Waals surface area contributed by atoms with E-state index in [1.54, 1.807) is 7.05 Å². The Labute approximate surface area is 90.8 Å². The molecule has 0 unspecified atom stereocenters. The predicted octanol–water partition coefficient (Wildman–Crippen LogP) is -0.347. The monoisotopic (exact) mass is 212 g/mol. The summed E-state index contributed by atoms with van der Waals surface area (Å²) < 4.78 is 0. The van der Waals surface area contributed by atoms with E-state index in [4.69, 9.17) is 0 Å². The summed E-state index contributed by atoms with van der Waals surface area (Å²) in [5.41, 5.74) is 0.296. The van der Waals surface area contributed by atoms with Crippen molar-refractivity contribution in [2.45, 2.75) is 18.4 Å². The first-order valence-electron chi connectivity index (χ1n) is 5.57. The molecule has 2 saturated heterocycles. The van der Waals surface area contributed by atoms with Crippen LogP contribution in [0.15, 0.2) is 0 Å². The van der Waals surface area contributed by atoms with Crippen molar-refractivity contribution in [3.8, 4) is 0 Å². The molecule has 0 aromatic carbocycles. The molecular formula is C10H20N4O. The summed E-state index contributed by atoms with van der Waals surface area (Å²) in [6, 6.07) is 0.0541. The largest absolute Gasteiger partial charge is 0.341 e. The smallest absolute Gasteiger partial charge is 0.317 e. The number of carbonyl (C=O) groups is 1. The Balaban J connectivity index is 1.94. The van der Waals surface area contributed by atoms with E-state index in [1.165, 1.54) is 0 Å². The molecule has 0 saturated carbocycles. The van der Waals surface area contributed by atoms with Gasteiger partial charge < -0.3 is 15.5 Å². The highest BCUT2D eigenvalue weighted by Gasteiger charge is 2.41. The number of nitrogens with zero attached hydrogens (tertiary/aromatic N) is 2. The molecule has 0 aromatic heterocycles. The minimum atomic E-state index is 0.0541. The van der Waals surface area contributed by atoms with Gasteiger partial charge in [-0.05, 0) is 19.9 Å². The fourth-order valence-corrected chi connectivity index (χ4v) is 2.60. The second kappa shape index (κ2) is 3.98. The van der Waals surface area contributed by atoms with Crippen molar-refractivity contribution in [1.29, 1.82) is 0 Å². The molecule has 0 aliphatic carbocycles. The Kier molecular flexibility index (Phi) is 2.84. The lowest BCUT2D eigenvalue weighted by molar-refractivity contribution is 0.0916. The first-order chi connectivity index (χ1) is 7.18. The molecule has 0 aromatic rings. The highest BCUT2D eigenvalue weighted by Crippen LogP contribution is 2.29. The van der Waals surface area contributed by atoms with Crippen LogP contribution in [0.2, 0.25) is 0 Å². The normalized spacial score (nSPS) is 25.9. The molecule has 2 aliphatic heterocycles. The minimum absolute atomic E-state index is 0.0541. The number of hydrogen-bond acceptors (Lipinski definition) is 3. The van der Waals surface area contributed by atoms with Gasteiger partial charge in [0.25, 0.3) is 0 Å². The maximum Gasteiger partial charge on any atom is 0.317 e. The van der Waals surface area contributed by atoms with Gasteiger partial charge in [-0.15, -0.1) is 0 Å². The van der Waals surface area contributed by atoms with Crippen LogP contribution >= 0.6 is 0 Å². The van der Waals surface area contributed by atoms with Gasteiger partial charge in [-0.2, -0.15) is 0 Å². The highest BCUT2D eigenvalue weighted by atomic mass is 16.2. The van der Waals surface area contributed by atoms with Crippen LogP contribution in [-0.4, -0.2) is 61.8 Å². The van der Waals surface area contributed by atoms with Crippen molar-refractivity contribution in [3.63, 3.8) is 0 Å². The van der Waals surface area contributed by atoms with E-state index in [9.17, 15) is 4.79 Å². The van der Waals surface area contributed by atoms with Crippen LogP contribution in [0.4, 0.5) is 4.79 Å². The van der Waals surface area contributed by atoms with E-state index in [1.807, 2.05) is 4.90 Å². The van der Waals surface area contributed by atoms with Crippen molar-refractivity contribution < 1.29 is 4.79 Å². The van der Waals surface area contributed by atoms with Gasteiger partial charge in [0.1, 0.15) is 0 Å². The molecule has 2 heterocycles. The third-order valence-electron chi connectivity index (χ3n) is 3.81. The molecule has 0 radical (unpaired) electrons. The average Bonchev–Trinajstić information content (AvgIpc) is 2.61. The van der Waals surface area contributed by atoms with E-state index in [0.29, 0.717) is 5.54 Å². The van der Waals surface area contributed by atoms with Crippen LogP contribution < -0.4 is 10.6 Å². The zero-order valence-corrected chi connectivity index (χ0v) is 9.55. The van der Waals surface area contributed by atoms with E-state index < -0.39 is 0 Å². The van der Waals surface area contributed by atoms with Crippen molar-refractivity contribution in [1.82, 2.24) is 20.4 Å². The van der Waals surface area contributed by atoms with E-state index >= 15 is 0 Å². The summed E-state index contributed by atoms with van der Waals surface area (Å²) in [7, 11) is 3.85. The Hall–Kier alpha value is -0.810. The number of nitrogens with one attached hydrogen (secondary N) is 2. The van der Waals surface area contributed by atoms with Crippen molar-refractivity contribution in [3.05, 3.63) is 0 Å². The zero-order valence-electron chi connectivity index (χ0n) is 9.55. The second-order valence-electron chi connectivity index (χ2n) is 4.55. The average molecular weight is 212 g/mol. The van der Waals surface area contributed by atoms with Crippen LogP contribution in [0, 0.1) is 0 Å². The van der Waals surface area contributed by atoms with Crippen LogP contribution in [0.1, 0.15) is 12.8 Å². The first kappa shape index (κ1) is 10.7. The molecule has 2 fully saturated rings. The number of likely N-dealkylation sites (N-methyl/N-ethyl adjacent to an activating group) is 1. The maximum absolute atomic E-state index is 11.4. The summed E-state index contributed by atoms with van der Waals surface area (Å²) in [5, 5.41) is 6.08. The van der Waals surface area contributed by atoms with Gasteiger partial charge in [-0.25, -0.2) is 4.79 Å². The van der Waals surface area contributed by atoms with Crippen LogP contribution in [0.5, 0.6) is 0 Å². The van der Waals surface area contributed by atoms with Crippen molar-refractivity contribution >= 4 is 6.03 Å². The van der Waals surface area contributed by atoms with Crippen LogP contribution in [0.3, 0.4) is 0 Å². The maximum atomic E-state index is 11.4. The molecule has 2 aliphatic rings. The van der Waals surface area contributed by atoms with Gasteiger partial charge in [0, 0.05) is 38.9 Å². The predicted molar refractivity (Wildman–Crippen MR) is 58.6 cm³/mol. The van der Waals surface area contributed by atoms with Gasteiger partial charge in [-0.1, -0.05) is 0 Å². The van der Waals surface area contributed by atoms with Crippen LogP contribution in [0.25, 0.3) is 0 Å². The summed E-state index contributed by atoms with van der Waals surface area (Å²) >= 11 is 0. The molecule has 2 amide bonds. The van der Waals surface area contributed by atoms with Crippen molar-refractivity contribution in [2.24, 2.45) is 0 Å². The Morgan fingerprint density at radius 1 is 1.40 bits per heavy atom. The van der Waals surface area contributed by atoms with Gasteiger partial charge in [-0.3, -0.25) is 4.90 Å². The third kappa shape index (κ3) is 1.81. The lowest BCUT2D eigenvalue weighted by Crippen LogP contribution is -2.54. The number of hydrogen-bond donors (Lipinski definition) is 2. The topological polar surface area (TPSA) is 47.6 Å². The van der Waals surface area contributed by atoms with E-state index in [0.717, 1.165) is 39.1 Å². The first-order valence-corrected chi connectivity index (χ1v) is 5.57. The molecule has 5 nitrogen and oxygen atoms in total. The molecule has 86 valence electrons. The third-order valence-corrected chi connectivity index (χ3v) is 3.81. The number of amides is 2. The van der Waals surface area contributed by atoms with Gasteiger partial charge in [0.15, 0.2) is 0 Å². The number of likely N-dealkylation sites (tertiary alicyclic amines) is 1. The summed E-state index contributed by atoms with van der Waals surface area (Å²) in [5.74, 6) is 0. The molecule has 5 heteroatoms. The second-order valence-corrected chi connectivity index (χ2v) is 4.55. The van der Waals surface area contributed by atoms with E-state index in [2.05, 4.69) is 22.6 Å². The molecular weight excluding hydrogens is 192 g/mol. The molecule has 0 bridgehead atoms. The number of rotatable bonds is 0. The van der Waals surface area contributed by atoms with Crippen molar-refractivity contribution in [2.75, 3.05) is 40.4 Å². The molecule has 15 heavy (non-hydrogen) atoms. The summed E-state index contributed by atoms with van der Waals surface area (Å²) in [6.45, 7) is 3.77. The van der Waals surface area contributed by atoms with Gasteiger partial charge in [0.2, 0.25) is 0 Å². The molecule has 2 rings (SSSR count). The SMILES string of the molecule is CNC(=O)N1CCC2(CC1)CNCN2C. The van der Waals surface area contributed by atoms with Gasteiger partial charge >= 0.3 is 6.03 Å². The summed E-state index contributed by atoms with van der Waals surface area (Å²) in [4.78, 5) is 15.7. The molecule has 2 N–H and O–H groups in total. The lowest BCUT2D eigenvalue weighted by Gasteiger charge is -2.42. The number of urea groups is 1. The number of carbonyl (C=O) groups excluding carboxylic acids is 1. The Morgan fingerprint density at radius 2 is 2.07 bits per heavy atom. The highest BCUT2D eigenvalue weighted by molar-refractivity contribution is 5.73. The number of piperidine rings is 1. The standard InChI is InChI=1S/C10H20N4O/c1-11-9(15)14-5-3-10(4-6-14)7-12-8-13(10)2/h12H,3-8H2,1-2H3,(H,11,15). The fourth-order valence-electron chi connectivity index (χ4n) is 2.60. The summed E-state index contributed by atoms with van der Waals surface area (Å²) in [6.07, 6.45) is 2.15. The van der Waals surface area contributed by atoms with Crippen LogP contribution in [-0.2, 0) is 0 Å². The molecule has 1 spiro atoms. The van der Waals surface area contributed by atoms with Gasteiger partial charge in [0.05, 0.1) is 0 Å². The molecule has 0 atom stereocenters. The Bertz CT molecular complexity index is 248. The lowest BCUT2D eigenvalue weighted by atomic mass is 9.87. The van der Waals surface area contributed by atoms with E-state index in [-0.39, 0.29) is 6.03 Å². The fraction of sp³-hybridized carbons (Fsp3) is 0.900.